The summed E-state index contributed by atoms with van der Waals surface area (Å²) in [5, 5.41) is 2.92. The number of anilines is 2. The molecule has 4 rings (SSSR count). The Bertz CT molecular complexity index is 1100. The van der Waals surface area contributed by atoms with E-state index in [0.717, 1.165) is 22.6 Å². The van der Waals surface area contributed by atoms with Gasteiger partial charge >= 0.3 is 0 Å². The Morgan fingerprint density at radius 2 is 1.68 bits per heavy atom. The van der Waals surface area contributed by atoms with Crippen molar-refractivity contribution in [1.29, 1.82) is 0 Å². The molecule has 0 bridgehead atoms. The molecule has 0 unspecified atom stereocenters. The van der Waals surface area contributed by atoms with Crippen molar-refractivity contribution < 1.29 is 14.3 Å². The van der Waals surface area contributed by atoms with Crippen LogP contribution in [0.1, 0.15) is 23.1 Å². The van der Waals surface area contributed by atoms with E-state index in [1.807, 2.05) is 74.5 Å². The number of carbonyl (C=O) groups excluding carboxylic acids is 2. The second-order valence-electron chi connectivity index (χ2n) is 8.05. The minimum absolute atomic E-state index is 0.0266. The number of hydrogen-bond acceptors (Lipinski definition) is 3. The van der Waals surface area contributed by atoms with E-state index in [9.17, 15) is 9.59 Å². The average molecular weight is 415 g/mol. The summed E-state index contributed by atoms with van der Waals surface area (Å²) in [7, 11) is 0. The number of aryl methyl sites for hydroxylation is 2. The minimum Gasteiger partial charge on any atom is -0.457 e. The lowest BCUT2D eigenvalue weighted by Gasteiger charge is -2.17. The highest BCUT2D eigenvalue weighted by molar-refractivity contribution is 6.03. The monoisotopic (exact) mass is 414 g/mol. The topological polar surface area (TPSA) is 58.6 Å². The largest absolute Gasteiger partial charge is 0.457 e. The molecule has 0 aliphatic carbocycles. The predicted molar refractivity (Wildman–Crippen MR) is 123 cm³/mol. The van der Waals surface area contributed by atoms with Crippen molar-refractivity contribution in [2.45, 2.75) is 27.2 Å². The van der Waals surface area contributed by atoms with E-state index in [4.69, 9.17) is 4.74 Å². The Balaban J connectivity index is 1.38. The Kier molecular flexibility index (Phi) is 5.76. The molecule has 31 heavy (non-hydrogen) atoms. The molecular formula is C26H26N2O3. The Morgan fingerprint density at radius 3 is 2.39 bits per heavy atom. The van der Waals surface area contributed by atoms with Gasteiger partial charge in [-0.25, -0.2) is 0 Å². The summed E-state index contributed by atoms with van der Waals surface area (Å²) in [6.45, 7) is 6.47. The molecule has 0 saturated carbocycles. The maximum atomic E-state index is 12.7. The van der Waals surface area contributed by atoms with E-state index >= 15 is 0 Å². The molecule has 1 atom stereocenters. The van der Waals surface area contributed by atoms with Gasteiger partial charge in [-0.2, -0.15) is 0 Å². The highest BCUT2D eigenvalue weighted by Gasteiger charge is 2.35. The van der Waals surface area contributed by atoms with Crippen molar-refractivity contribution in [3.05, 3.63) is 83.4 Å². The molecule has 1 fully saturated rings. The van der Waals surface area contributed by atoms with Crippen molar-refractivity contribution in [3.63, 3.8) is 0 Å². The number of ether oxygens (including phenoxy) is 1. The summed E-state index contributed by atoms with van der Waals surface area (Å²) >= 11 is 0. The van der Waals surface area contributed by atoms with E-state index < -0.39 is 0 Å². The van der Waals surface area contributed by atoms with Crippen molar-refractivity contribution in [3.8, 4) is 11.5 Å². The molecular weight excluding hydrogens is 388 g/mol. The number of carbonyl (C=O) groups is 2. The van der Waals surface area contributed by atoms with Crippen LogP contribution >= 0.6 is 0 Å². The van der Waals surface area contributed by atoms with Gasteiger partial charge in [-0.1, -0.05) is 29.8 Å². The Morgan fingerprint density at radius 1 is 0.968 bits per heavy atom. The molecule has 0 aromatic heterocycles. The van der Waals surface area contributed by atoms with Gasteiger partial charge in [0, 0.05) is 24.3 Å². The van der Waals surface area contributed by atoms with Crippen LogP contribution in [0.15, 0.2) is 66.7 Å². The summed E-state index contributed by atoms with van der Waals surface area (Å²) in [5.74, 6) is 0.970. The number of rotatable bonds is 5. The zero-order valence-corrected chi connectivity index (χ0v) is 18.0. The predicted octanol–water partition coefficient (Wildman–Crippen LogP) is 5.40. The second kappa shape index (κ2) is 8.64. The second-order valence-corrected chi connectivity index (χ2v) is 8.05. The third-order valence-corrected chi connectivity index (χ3v) is 5.75. The normalized spacial score (nSPS) is 15.8. The fourth-order valence-electron chi connectivity index (χ4n) is 3.67. The maximum Gasteiger partial charge on any atom is 0.229 e. The van der Waals surface area contributed by atoms with E-state index in [1.165, 1.54) is 5.56 Å². The number of nitrogens with one attached hydrogen (secondary N) is 1. The average Bonchev–Trinajstić information content (AvgIpc) is 3.15. The molecule has 1 aliphatic heterocycles. The molecule has 5 nitrogen and oxygen atoms in total. The Hall–Kier alpha value is -3.60. The lowest BCUT2D eigenvalue weighted by Crippen LogP contribution is -2.28. The molecule has 0 radical (unpaired) electrons. The van der Waals surface area contributed by atoms with Crippen LogP contribution in [0.2, 0.25) is 0 Å². The fraction of sp³-hybridized carbons (Fsp3) is 0.231. The van der Waals surface area contributed by atoms with Crippen LogP contribution in [0, 0.1) is 26.7 Å². The first-order chi connectivity index (χ1) is 14.9. The summed E-state index contributed by atoms with van der Waals surface area (Å²) in [6, 6.07) is 21.0. The summed E-state index contributed by atoms with van der Waals surface area (Å²) in [4.78, 5) is 26.8. The van der Waals surface area contributed by atoms with Crippen molar-refractivity contribution in [2.24, 2.45) is 5.92 Å². The smallest absolute Gasteiger partial charge is 0.229 e. The van der Waals surface area contributed by atoms with Crippen LogP contribution in [0.5, 0.6) is 11.5 Å². The fourth-order valence-corrected chi connectivity index (χ4v) is 3.67. The molecule has 1 N–H and O–H groups in total. The van der Waals surface area contributed by atoms with Crippen LogP contribution in [-0.4, -0.2) is 18.4 Å². The number of hydrogen-bond donors (Lipinski definition) is 1. The van der Waals surface area contributed by atoms with Crippen molar-refractivity contribution in [2.75, 3.05) is 16.8 Å². The first-order valence-electron chi connectivity index (χ1n) is 10.4. The summed E-state index contributed by atoms with van der Waals surface area (Å²) in [6.07, 6.45) is 0.216. The third kappa shape index (κ3) is 4.61. The van der Waals surface area contributed by atoms with Crippen LogP contribution in [0.3, 0.4) is 0 Å². The highest BCUT2D eigenvalue weighted by Crippen LogP contribution is 2.29. The third-order valence-electron chi connectivity index (χ3n) is 5.75. The lowest BCUT2D eigenvalue weighted by molar-refractivity contribution is -0.122. The van der Waals surface area contributed by atoms with E-state index in [2.05, 4.69) is 18.3 Å². The van der Waals surface area contributed by atoms with E-state index in [0.29, 0.717) is 18.0 Å². The highest BCUT2D eigenvalue weighted by atomic mass is 16.5. The molecule has 3 aromatic carbocycles. The van der Waals surface area contributed by atoms with Gasteiger partial charge in [-0.3, -0.25) is 9.59 Å². The SMILES string of the molecule is Cc1ccc(N2C[C@H](C(=O)Nc3ccc(Oc4cccc(C)c4C)cc3)CC2=O)cc1. The molecule has 5 heteroatoms. The van der Waals surface area contributed by atoms with Crippen LogP contribution in [0.4, 0.5) is 11.4 Å². The summed E-state index contributed by atoms with van der Waals surface area (Å²) in [5.41, 5.74) is 4.92. The van der Waals surface area contributed by atoms with Gasteiger partial charge in [0.05, 0.1) is 5.92 Å². The molecule has 2 amide bonds. The number of nitrogens with zero attached hydrogens (tertiary/aromatic N) is 1. The van der Waals surface area contributed by atoms with Gasteiger partial charge < -0.3 is 15.0 Å². The van der Waals surface area contributed by atoms with Gasteiger partial charge in [-0.05, 0) is 74.4 Å². The zero-order chi connectivity index (χ0) is 22.0. The first-order valence-corrected chi connectivity index (χ1v) is 10.4. The van der Waals surface area contributed by atoms with Gasteiger partial charge in [-0.15, -0.1) is 0 Å². The maximum absolute atomic E-state index is 12.7. The standard InChI is InChI=1S/C26H26N2O3/c1-17-7-11-22(12-8-17)28-16-20(15-25(28)29)26(30)27-21-9-13-23(14-10-21)31-24-6-4-5-18(2)19(24)3/h4-14,20H,15-16H2,1-3H3,(H,27,30)/t20-/m1/s1. The number of benzene rings is 3. The van der Waals surface area contributed by atoms with Gasteiger partial charge in [0.1, 0.15) is 11.5 Å². The summed E-state index contributed by atoms with van der Waals surface area (Å²) < 4.78 is 5.97. The molecule has 0 spiro atoms. The molecule has 1 saturated heterocycles. The number of amides is 2. The van der Waals surface area contributed by atoms with Crippen LogP contribution in [0.25, 0.3) is 0 Å². The lowest BCUT2D eigenvalue weighted by atomic mass is 10.1. The Labute approximate surface area is 182 Å². The van der Waals surface area contributed by atoms with Crippen molar-refractivity contribution in [1.82, 2.24) is 0 Å². The zero-order valence-electron chi connectivity index (χ0n) is 18.0. The first kappa shape index (κ1) is 20.7. The van der Waals surface area contributed by atoms with E-state index in [1.54, 1.807) is 4.90 Å². The van der Waals surface area contributed by atoms with Gasteiger partial charge in [0.2, 0.25) is 11.8 Å². The molecule has 1 heterocycles. The van der Waals surface area contributed by atoms with Gasteiger partial charge in [0.25, 0.3) is 0 Å². The van der Waals surface area contributed by atoms with Crippen LogP contribution < -0.4 is 15.0 Å². The van der Waals surface area contributed by atoms with Crippen LogP contribution in [-0.2, 0) is 9.59 Å². The molecule has 1 aliphatic rings. The van der Waals surface area contributed by atoms with E-state index in [-0.39, 0.29) is 24.2 Å². The molecule has 3 aromatic rings. The molecule has 158 valence electrons. The van der Waals surface area contributed by atoms with Crippen molar-refractivity contribution >= 4 is 23.2 Å². The van der Waals surface area contributed by atoms with Gasteiger partial charge in [0.15, 0.2) is 0 Å². The quantitative estimate of drug-likeness (QED) is 0.608. The minimum atomic E-state index is -0.375.